The topological polar surface area (TPSA) is 43.1 Å². The maximum absolute atomic E-state index is 11.6. The second-order valence-electron chi connectivity index (χ2n) is 4.77. The molecular formula is C17H15N2O2S+. The first kappa shape index (κ1) is 14.4. The predicted molar refractivity (Wildman–Crippen MR) is 84.6 cm³/mol. The summed E-state index contributed by atoms with van der Waals surface area (Å²) in [4.78, 5) is 16.2. The van der Waals surface area contributed by atoms with E-state index in [0.29, 0.717) is 12.1 Å². The summed E-state index contributed by atoms with van der Waals surface area (Å²) in [6.45, 7) is 0.619. The molecule has 0 atom stereocenters. The summed E-state index contributed by atoms with van der Waals surface area (Å²) in [7, 11) is 1.38. The fraction of sp³-hybridized carbons (Fsp3) is 0.118. The molecule has 0 spiro atoms. The largest absolute Gasteiger partial charge is 0.465 e. The molecular weight excluding hydrogens is 296 g/mol. The minimum atomic E-state index is -0.336. The van der Waals surface area contributed by atoms with Crippen LogP contribution in [0.15, 0.2) is 60.2 Å². The molecule has 0 saturated carbocycles. The summed E-state index contributed by atoms with van der Waals surface area (Å²) < 4.78 is 6.66. The van der Waals surface area contributed by atoms with Crippen LogP contribution in [0.5, 0.6) is 0 Å². The van der Waals surface area contributed by atoms with Gasteiger partial charge in [-0.05, 0) is 6.07 Å². The number of hydrogen-bond donors (Lipinski definition) is 0. The minimum Gasteiger partial charge on any atom is -0.465 e. The van der Waals surface area contributed by atoms with Crippen molar-refractivity contribution in [2.24, 2.45) is 0 Å². The summed E-state index contributed by atoms with van der Waals surface area (Å²) in [5, 5.41) is 3.04. The molecule has 0 aliphatic carbocycles. The van der Waals surface area contributed by atoms with Crippen LogP contribution in [-0.4, -0.2) is 18.1 Å². The van der Waals surface area contributed by atoms with Gasteiger partial charge in [0, 0.05) is 17.0 Å². The first-order valence-corrected chi connectivity index (χ1v) is 7.71. The van der Waals surface area contributed by atoms with Crippen molar-refractivity contribution in [3.63, 3.8) is 0 Å². The minimum absolute atomic E-state index is 0.336. The molecule has 3 aromatic rings. The zero-order chi connectivity index (χ0) is 15.4. The zero-order valence-corrected chi connectivity index (χ0v) is 12.9. The first-order chi connectivity index (χ1) is 10.8. The van der Waals surface area contributed by atoms with Gasteiger partial charge in [-0.2, -0.15) is 4.57 Å². The van der Waals surface area contributed by atoms with Crippen molar-refractivity contribution in [3.8, 4) is 10.6 Å². The molecule has 3 rings (SSSR count). The smallest absolute Gasteiger partial charge is 0.343 e. The molecule has 0 radical (unpaired) electrons. The molecule has 0 saturated heterocycles. The lowest BCUT2D eigenvalue weighted by Crippen LogP contribution is -2.34. The lowest BCUT2D eigenvalue weighted by molar-refractivity contribution is -0.688. The highest BCUT2D eigenvalue weighted by Crippen LogP contribution is 2.23. The van der Waals surface area contributed by atoms with E-state index in [-0.39, 0.29) is 5.97 Å². The van der Waals surface area contributed by atoms with Crippen LogP contribution in [-0.2, 0) is 11.3 Å². The molecule has 22 heavy (non-hydrogen) atoms. The van der Waals surface area contributed by atoms with Crippen molar-refractivity contribution in [3.05, 3.63) is 71.5 Å². The van der Waals surface area contributed by atoms with E-state index in [1.165, 1.54) is 7.11 Å². The number of esters is 1. The second-order valence-corrected chi connectivity index (χ2v) is 5.62. The van der Waals surface area contributed by atoms with Gasteiger partial charge < -0.3 is 4.74 Å². The van der Waals surface area contributed by atoms with E-state index in [1.807, 2.05) is 52.5 Å². The Balaban J connectivity index is 1.80. The number of nitrogens with zero attached hydrogens (tertiary/aromatic N) is 2. The third-order valence-corrected chi connectivity index (χ3v) is 4.14. The van der Waals surface area contributed by atoms with Gasteiger partial charge in [-0.3, -0.25) is 0 Å². The van der Waals surface area contributed by atoms with Crippen LogP contribution in [0.2, 0.25) is 0 Å². The predicted octanol–water partition coefficient (Wildman–Crippen LogP) is 2.93. The molecule has 0 aliphatic rings. The summed E-state index contributed by atoms with van der Waals surface area (Å²) >= 11 is 1.62. The van der Waals surface area contributed by atoms with Crippen molar-refractivity contribution in [2.75, 3.05) is 7.11 Å². The quantitative estimate of drug-likeness (QED) is 0.549. The van der Waals surface area contributed by atoms with E-state index in [1.54, 1.807) is 23.6 Å². The van der Waals surface area contributed by atoms with Crippen molar-refractivity contribution in [1.82, 2.24) is 4.98 Å². The maximum atomic E-state index is 11.6. The highest BCUT2D eigenvalue weighted by atomic mass is 32.1. The third kappa shape index (κ3) is 3.20. The second kappa shape index (κ2) is 6.49. The first-order valence-electron chi connectivity index (χ1n) is 6.83. The Morgan fingerprint density at radius 2 is 2.05 bits per heavy atom. The van der Waals surface area contributed by atoms with Crippen molar-refractivity contribution < 1.29 is 14.1 Å². The van der Waals surface area contributed by atoms with Gasteiger partial charge in [-0.1, -0.05) is 30.3 Å². The van der Waals surface area contributed by atoms with E-state index < -0.39 is 0 Å². The van der Waals surface area contributed by atoms with Gasteiger partial charge in [-0.25, -0.2) is 9.78 Å². The molecule has 5 heteroatoms. The number of hydrogen-bond acceptors (Lipinski definition) is 4. The van der Waals surface area contributed by atoms with Crippen LogP contribution in [0.4, 0.5) is 0 Å². The molecule has 1 aromatic carbocycles. The van der Waals surface area contributed by atoms with E-state index in [2.05, 4.69) is 4.98 Å². The van der Waals surface area contributed by atoms with Crippen molar-refractivity contribution in [1.29, 1.82) is 0 Å². The molecule has 0 unspecified atom stereocenters. The maximum Gasteiger partial charge on any atom is 0.343 e. The van der Waals surface area contributed by atoms with Crippen LogP contribution in [0.1, 0.15) is 16.1 Å². The standard InChI is InChI=1S/C17H15N2O2S/c1-21-17(20)14-8-5-9-19(10-14)11-15-12-22-16(18-15)13-6-3-2-4-7-13/h2-10,12H,11H2,1H3/q+1. The summed E-state index contributed by atoms with van der Waals surface area (Å²) in [6, 6.07) is 13.7. The van der Waals surface area contributed by atoms with Gasteiger partial charge in [0.1, 0.15) is 16.3 Å². The lowest BCUT2D eigenvalue weighted by atomic mass is 10.2. The fourth-order valence-corrected chi connectivity index (χ4v) is 2.96. The van der Waals surface area contributed by atoms with Gasteiger partial charge in [0.25, 0.3) is 0 Å². The molecule has 4 nitrogen and oxygen atoms in total. The fourth-order valence-electron chi connectivity index (χ4n) is 2.14. The number of carbonyl (C=O) groups excluding carboxylic acids is 1. The van der Waals surface area contributed by atoms with Crippen LogP contribution in [0, 0.1) is 0 Å². The van der Waals surface area contributed by atoms with Crippen LogP contribution in [0.25, 0.3) is 10.6 Å². The number of thiazole rings is 1. The number of ether oxygens (including phenoxy) is 1. The Morgan fingerprint density at radius 1 is 1.23 bits per heavy atom. The number of methoxy groups -OCH3 is 1. The average Bonchev–Trinajstić information content (AvgIpc) is 3.03. The van der Waals surface area contributed by atoms with Crippen molar-refractivity contribution in [2.45, 2.75) is 6.54 Å². The molecule has 2 heterocycles. The number of aromatic nitrogens is 2. The summed E-state index contributed by atoms with van der Waals surface area (Å²) in [6.07, 6.45) is 3.68. The highest BCUT2D eigenvalue weighted by Gasteiger charge is 2.13. The Labute approximate surface area is 132 Å². The van der Waals surface area contributed by atoms with Gasteiger partial charge >= 0.3 is 5.97 Å². The van der Waals surface area contributed by atoms with Crippen LogP contribution >= 0.6 is 11.3 Å². The Morgan fingerprint density at radius 3 is 2.82 bits per heavy atom. The van der Waals surface area contributed by atoms with E-state index in [4.69, 9.17) is 4.74 Å². The van der Waals surface area contributed by atoms with Gasteiger partial charge in [0.05, 0.1) is 7.11 Å². The van der Waals surface area contributed by atoms with Gasteiger partial charge in [0.2, 0.25) is 0 Å². The summed E-state index contributed by atoms with van der Waals surface area (Å²) in [5.41, 5.74) is 2.62. The van der Waals surface area contributed by atoms with E-state index >= 15 is 0 Å². The Kier molecular flexibility index (Phi) is 4.25. The third-order valence-electron chi connectivity index (χ3n) is 3.20. The highest BCUT2D eigenvalue weighted by molar-refractivity contribution is 7.13. The Bertz CT molecular complexity index is 784. The molecule has 0 aliphatic heterocycles. The molecule has 2 aromatic heterocycles. The molecule has 0 amide bonds. The summed E-state index contributed by atoms with van der Waals surface area (Å²) in [5.74, 6) is -0.336. The number of pyridine rings is 1. The number of rotatable bonds is 4. The van der Waals surface area contributed by atoms with Gasteiger partial charge in [0.15, 0.2) is 18.9 Å². The van der Waals surface area contributed by atoms with E-state index in [9.17, 15) is 4.79 Å². The lowest BCUT2D eigenvalue weighted by Gasteiger charge is -1.98. The molecule has 110 valence electrons. The zero-order valence-electron chi connectivity index (χ0n) is 12.1. The van der Waals surface area contributed by atoms with Crippen LogP contribution < -0.4 is 4.57 Å². The number of benzene rings is 1. The number of carbonyl (C=O) groups is 1. The average molecular weight is 311 g/mol. The monoisotopic (exact) mass is 311 g/mol. The Hall–Kier alpha value is -2.53. The van der Waals surface area contributed by atoms with Crippen LogP contribution in [0.3, 0.4) is 0 Å². The molecule has 0 bridgehead atoms. The SMILES string of the molecule is COC(=O)c1ccc[n+](Cc2csc(-c3ccccc3)n2)c1. The molecule has 0 fully saturated rings. The normalized spacial score (nSPS) is 10.4. The molecule has 0 N–H and O–H groups in total. The van der Waals surface area contributed by atoms with Gasteiger partial charge in [-0.15, -0.1) is 11.3 Å². The van der Waals surface area contributed by atoms with Crippen molar-refractivity contribution >= 4 is 17.3 Å². The van der Waals surface area contributed by atoms with E-state index in [0.717, 1.165) is 16.3 Å².